The van der Waals surface area contributed by atoms with E-state index in [4.69, 9.17) is 0 Å². The summed E-state index contributed by atoms with van der Waals surface area (Å²) in [5.74, 6) is 0.194. The molecule has 0 saturated heterocycles. The number of aliphatic imine (C=N–C) groups is 1. The fraction of sp³-hybridized carbons (Fsp3) is 0.429. The third-order valence-electron chi connectivity index (χ3n) is 2.04. The van der Waals surface area contributed by atoms with Crippen LogP contribution in [0.3, 0.4) is 0 Å². The minimum absolute atomic E-state index is 0.0549. The van der Waals surface area contributed by atoms with E-state index in [0.717, 1.165) is 5.56 Å². The van der Waals surface area contributed by atoms with Crippen molar-refractivity contribution in [2.45, 2.75) is 27.2 Å². The van der Waals surface area contributed by atoms with Gasteiger partial charge in [-0.3, -0.25) is 9.79 Å². The highest BCUT2D eigenvalue weighted by Gasteiger charge is 2.14. The molecule has 16 heavy (non-hydrogen) atoms. The molecule has 2 nitrogen and oxygen atoms in total. The molecule has 0 spiro atoms. The van der Waals surface area contributed by atoms with Crippen molar-refractivity contribution in [1.82, 2.24) is 0 Å². The van der Waals surface area contributed by atoms with Crippen LogP contribution in [0.4, 0.5) is 0 Å². The zero-order valence-corrected chi connectivity index (χ0v) is 10.2. The Labute approximate surface area is 97.4 Å². The molecule has 0 heterocycles. The van der Waals surface area contributed by atoms with Crippen molar-refractivity contribution in [2.75, 3.05) is 6.54 Å². The van der Waals surface area contributed by atoms with Crippen LogP contribution in [0, 0.1) is 5.41 Å². The average molecular weight is 217 g/mol. The number of hydrogen-bond donors (Lipinski definition) is 0. The molecule has 0 aliphatic heterocycles. The second-order valence-electron chi connectivity index (χ2n) is 5.16. The van der Waals surface area contributed by atoms with E-state index >= 15 is 0 Å². The Morgan fingerprint density at radius 1 is 1.25 bits per heavy atom. The Morgan fingerprint density at radius 3 is 2.44 bits per heavy atom. The van der Waals surface area contributed by atoms with Crippen molar-refractivity contribution in [3.63, 3.8) is 0 Å². The lowest BCUT2D eigenvalue weighted by Crippen LogP contribution is -2.14. The number of hydrogen-bond acceptors (Lipinski definition) is 2. The molecule has 0 fully saturated rings. The highest BCUT2D eigenvalue weighted by atomic mass is 16.1. The van der Waals surface area contributed by atoms with Gasteiger partial charge in [0.15, 0.2) is 5.78 Å². The maximum absolute atomic E-state index is 11.5. The molecule has 86 valence electrons. The van der Waals surface area contributed by atoms with Gasteiger partial charge in [-0.2, -0.15) is 0 Å². The summed E-state index contributed by atoms with van der Waals surface area (Å²) in [6, 6.07) is 9.81. The van der Waals surface area contributed by atoms with Crippen LogP contribution in [0.1, 0.15) is 32.8 Å². The summed E-state index contributed by atoms with van der Waals surface area (Å²) in [7, 11) is 0. The molecule has 0 aromatic heterocycles. The Hall–Kier alpha value is -1.44. The molecule has 0 bridgehead atoms. The molecular weight excluding hydrogens is 198 g/mol. The van der Waals surface area contributed by atoms with Gasteiger partial charge in [0, 0.05) is 12.6 Å². The van der Waals surface area contributed by atoms with Crippen LogP contribution in [0.15, 0.2) is 35.3 Å². The molecule has 0 saturated carbocycles. The Kier molecular flexibility index (Phi) is 4.41. The summed E-state index contributed by atoms with van der Waals surface area (Å²) in [6.45, 7) is 6.47. The van der Waals surface area contributed by atoms with Gasteiger partial charge in [0.25, 0.3) is 0 Å². The normalized spacial score (nSPS) is 11.9. The first-order valence-corrected chi connectivity index (χ1v) is 5.54. The molecule has 2 heteroatoms. The van der Waals surface area contributed by atoms with Crippen molar-refractivity contribution in [3.8, 4) is 0 Å². The molecule has 0 atom stereocenters. The van der Waals surface area contributed by atoms with Crippen LogP contribution in [-0.2, 0) is 4.79 Å². The fourth-order valence-electron chi connectivity index (χ4n) is 1.44. The van der Waals surface area contributed by atoms with Gasteiger partial charge in [-0.05, 0) is 11.0 Å². The minimum atomic E-state index is 0.0549. The number of Topliss-reactive ketones (excluding diaryl/α,β-unsaturated/α-hetero) is 1. The van der Waals surface area contributed by atoms with Crippen LogP contribution >= 0.6 is 0 Å². The van der Waals surface area contributed by atoms with Gasteiger partial charge >= 0.3 is 0 Å². The van der Waals surface area contributed by atoms with Crippen molar-refractivity contribution in [2.24, 2.45) is 10.4 Å². The monoisotopic (exact) mass is 217 g/mol. The zero-order chi connectivity index (χ0) is 12.0. The number of rotatable bonds is 4. The van der Waals surface area contributed by atoms with Crippen LogP contribution in [0.5, 0.6) is 0 Å². The van der Waals surface area contributed by atoms with Gasteiger partial charge in [0.1, 0.15) is 0 Å². The quantitative estimate of drug-likeness (QED) is 0.712. The topological polar surface area (TPSA) is 29.4 Å². The first-order valence-electron chi connectivity index (χ1n) is 5.54. The lowest BCUT2D eigenvalue weighted by atomic mass is 9.90. The summed E-state index contributed by atoms with van der Waals surface area (Å²) < 4.78 is 0. The van der Waals surface area contributed by atoms with E-state index in [1.54, 1.807) is 6.21 Å². The van der Waals surface area contributed by atoms with E-state index in [1.165, 1.54) is 0 Å². The van der Waals surface area contributed by atoms with Gasteiger partial charge in [-0.1, -0.05) is 51.1 Å². The predicted molar refractivity (Wildman–Crippen MR) is 68.0 cm³/mol. The largest absolute Gasteiger partial charge is 0.298 e. The summed E-state index contributed by atoms with van der Waals surface area (Å²) >= 11 is 0. The molecule has 1 aromatic rings. The van der Waals surface area contributed by atoms with Crippen molar-refractivity contribution in [3.05, 3.63) is 35.9 Å². The number of benzene rings is 1. The molecule has 0 N–H and O–H groups in total. The third-order valence-corrected chi connectivity index (χ3v) is 2.04. The molecule has 0 aliphatic rings. The highest BCUT2D eigenvalue weighted by Crippen LogP contribution is 2.18. The van der Waals surface area contributed by atoms with Crippen molar-refractivity contribution < 1.29 is 4.79 Å². The second kappa shape index (κ2) is 5.59. The van der Waals surface area contributed by atoms with Gasteiger partial charge in [0.2, 0.25) is 0 Å². The zero-order valence-electron chi connectivity index (χ0n) is 10.2. The smallest absolute Gasteiger partial charge is 0.154 e. The lowest BCUT2D eigenvalue weighted by Gasteiger charge is -2.15. The predicted octanol–water partition coefficient (Wildman–Crippen LogP) is 3.11. The molecule has 0 unspecified atom stereocenters. The SMILES string of the molecule is CC(C)(C)CC(=O)CN=Cc1ccccc1. The number of carbonyl (C=O) groups is 1. The Bertz CT molecular complexity index is 360. The summed E-state index contributed by atoms with van der Waals surface area (Å²) in [4.78, 5) is 15.7. The molecule has 0 aliphatic carbocycles. The van der Waals surface area contributed by atoms with Crippen molar-refractivity contribution >= 4 is 12.0 Å². The van der Waals surface area contributed by atoms with Gasteiger partial charge in [-0.15, -0.1) is 0 Å². The van der Waals surface area contributed by atoms with Gasteiger partial charge in [-0.25, -0.2) is 0 Å². The maximum atomic E-state index is 11.5. The number of carbonyl (C=O) groups excluding carboxylic acids is 1. The van der Waals surface area contributed by atoms with Crippen LogP contribution in [0.25, 0.3) is 0 Å². The van der Waals surface area contributed by atoms with E-state index in [1.807, 2.05) is 30.3 Å². The fourth-order valence-corrected chi connectivity index (χ4v) is 1.44. The Balaban J connectivity index is 2.41. The maximum Gasteiger partial charge on any atom is 0.154 e. The number of ketones is 1. The first-order chi connectivity index (χ1) is 7.47. The molecule has 1 aromatic carbocycles. The molecule has 0 amide bonds. The lowest BCUT2D eigenvalue weighted by molar-refractivity contribution is -0.119. The molecule has 1 rings (SSSR count). The van der Waals surface area contributed by atoms with Crippen LogP contribution < -0.4 is 0 Å². The summed E-state index contributed by atoms with van der Waals surface area (Å²) in [5, 5.41) is 0. The second-order valence-corrected chi connectivity index (χ2v) is 5.16. The number of nitrogens with zero attached hydrogens (tertiary/aromatic N) is 1. The van der Waals surface area contributed by atoms with E-state index < -0.39 is 0 Å². The summed E-state index contributed by atoms with van der Waals surface area (Å²) in [5.41, 5.74) is 1.09. The first kappa shape index (κ1) is 12.6. The van der Waals surface area contributed by atoms with Crippen molar-refractivity contribution in [1.29, 1.82) is 0 Å². The highest BCUT2D eigenvalue weighted by molar-refractivity contribution is 5.85. The van der Waals surface area contributed by atoms with Crippen LogP contribution in [0.2, 0.25) is 0 Å². The minimum Gasteiger partial charge on any atom is -0.298 e. The van der Waals surface area contributed by atoms with E-state index in [0.29, 0.717) is 6.42 Å². The third kappa shape index (κ3) is 5.44. The molecular formula is C14H19NO. The summed E-state index contributed by atoms with van der Waals surface area (Å²) in [6.07, 6.45) is 2.33. The van der Waals surface area contributed by atoms with Gasteiger partial charge < -0.3 is 0 Å². The average Bonchev–Trinajstić information content (AvgIpc) is 2.16. The van der Waals surface area contributed by atoms with Gasteiger partial charge in [0.05, 0.1) is 6.54 Å². The standard InChI is InChI=1S/C14H19NO/c1-14(2,3)9-13(16)11-15-10-12-7-5-4-6-8-12/h4-8,10H,9,11H2,1-3H3. The Morgan fingerprint density at radius 2 is 1.88 bits per heavy atom. The van der Waals surface area contributed by atoms with Crippen LogP contribution in [-0.4, -0.2) is 18.5 Å². The van der Waals surface area contributed by atoms with E-state index in [-0.39, 0.29) is 17.7 Å². The van der Waals surface area contributed by atoms with E-state index in [2.05, 4.69) is 25.8 Å². The van der Waals surface area contributed by atoms with E-state index in [9.17, 15) is 4.79 Å². The molecule has 0 radical (unpaired) electrons.